The van der Waals surface area contributed by atoms with Gasteiger partial charge >= 0.3 is 0 Å². The number of hydrogen-bond donors (Lipinski definition) is 1. The molecule has 3 rings (SSSR count). The van der Waals surface area contributed by atoms with Crippen LogP contribution in [0, 0.1) is 11.8 Å². The van der Waals surface area contributed by atoms with Crippen LogP contribution in [-0.2, 0) is 17.6 Å². The number of nitrogens with zero attached hydrogens (tertiary/aromatic N) is 1. The number of amides is 1. The third-order valence-electron chi connectivity index (χ3n) is 5.19. The molecule has 3 nitrogen and oxygen atoms in total. The van der Waals surface area contributed by atoms with Gasteiger partial charge in [-0.2, -0.15) is 0 Å². The second-order valence-electron chi connectivity index (χ2n) is 7.01. The van der Waals surface area contributed by atoms with Crippen LogP contribution in [0.2, 0.25) is 0 Å². The van der Waals surface area contributed by atoms with Crippen LogP contribution in [0.25, 0.3) is 0 Å². The smallest absolute Gasteiger partial charge is 0.226 e. The average Bonchev–Trinajstić information content (AvgIpc) is 2.99. The topological polar surface area (TPSA) is 42.0 Å². The lowest BCUT2D eigenvalue weighted by molar-refractivity contribution is -0.121. The van der Waals surface area contributed by atoms with Crippen LogP contribution in [0.15, 0.2) is 35.7 Å². The summed E-state index contributed by atoms with van der Waals surface area (Å²) in [5.74, 6) is 1.37. The first-order valence-electron chi connectivity index (χ1n) is 8.88. The average molecular weight is 343 g/mol. The quantitative estimate of drug-likeness (QED) is 0.884. The zero-order valence-corrected chi connectivity index (χ0v) is 15.3. The molecule has 0 bridgehead atoms. The highest BCUT2D eigenvalue weighted by molar-refractivity contribution is 7.09. The van der Waals surface area contributed by atoms with Crippen LogP contribution in [-0.4, -0.2) is 16.9 Å². The zero-order valence-electron chi connectivity index (χ0n) is 14.5. The van der Waals surface area contributed by atoms with Crippen molar-refractivity contribution in [1.29, 1.82) is 0 Å². The monoisotopic (exact) mass is 342 g/mol. The molecule has 128 valence electrons. The molecule has 2 aromatic rings. The molecule has 1 aromatic carbocycles. The van der Waals surface area contributed by atoms with E-state index in [2.05, 4.69) is 36.3 Å². The molecule has 1 amide bonds. The molecule has 0 aliphatic heterocycles. The van der Waals surface area contributed by atoms with E-state index in [4.69, 9.17) is 0 Å². The van der Waals surface area contributed by atoms with Crippen molar-refractivity contribution in [3.8, 4) is 0 Å². The van der Waals surface area contributed by atoms with Gasteiger partial charge in [-0.1, -0.05) is 57.0 Å². The summed E-state index contributed by atoms with van der Waals surface area (Å²) in [6.45, 7) is 4.55. The van der Waals surface area contributed by atoms with Gasteiger partial charge in [0.2, 0.25) is 5.91 Å². The molecule has 0 unspecified atom stereocenters. The molecular weight excluding hydrogens is 316 g/mol. The number of rotatable bonds is 5. The third kappa shape index (κ3) is 4.44. The molecule has 3 atom stereocenters. The molecule has 0 spiro atoms. The largest absolute Gasteiger partial charge is 0.353 e. The Bertz CT molecular complexity index is 667. The van der Waals surface area contributed by atoms with E-state index in [1.165, 1.54) is 18.4 Å². The first kappa shape index (κ1) is 17.2. The molecule has 1 fully saturated rings. The van der Waals surface area contributed by atoms with Gasteiger partial charge in [-0.25, -0.2) is 4.98 Å². The van der Waals surface area contributed by atoms with Crippen molar-refractivity contribution < 1.29 is 4.79 Å². The summed E-state index contributed by atoms with van der Waals surface area (Å²) in [4.78, 5) is 17.0. The summed E-state index contributed by atoms with van der Waals surface area (Å²) < 4.78 is 0. The van der Waals surface area contributed by atoms with Crippen LogP contribution in [0.4, 0.5) is 0 Å². The lowest BCUT2D eigenvalue weighted by Crippen LogP contribution is -2.44. The van der Waals surface area contributed by atoms with Crippen LogP contribution < -0.4 is 5.32 Å². The molecule has 0 radical (unpaired) electrons. The van der Waals surface area contributed by atoms with Crippen LogP contribution in [0.3, 0.4) is 0 Å². The van der Waals surface area contributed by atoms with Crippen molar-refractivity contribution in [1.82, 2.24) is 10.3 Å². The molecule has 1 aromatic heterocycles. The van der Waals surface area contributed by atoms with Crippen molar-refractivity contribution in [2.24, 2.45) is 11.8 Å². The Morgan fingerprint density at radius 1 is 1.25 bits per heavy atom. The van der Waals surface area contributed by atoms with Gasteiger partial charge in [0, 0.05) is 17.8 Å². The number of thiazole rings is 1. The van der Waals surface area contributed by atoms with E-state index in [1.54, 1.807) is 11.3 Å². The summed E-state index contributed by atoms with van der Waals surface area (Å²) in [6.07, 6.45) is 4.83. The Hall–Kier alpha value is -1.68. The van der Waals surface area contributed by atoms with Gasteiger partial charge in [0.05, 0.1) is 17.1 Å². The maximum Gasteiger partial charge on any atom is 0.226 e. The predicted molar refractivity (Wildman–Crippen MR) is 99.2 cm³/mol. The highest BCUT2D eigenvalue weighted by Crippen LogP contribution is 2.29. The lowest BCUT2D eigenvalue weighted by Gasteiger charge is -2.34. The minimum absolute atomic E-state index is 0.109. The molecule has 1 saturated carbocycles. The first-order chi connectivity index (χ1) is 11.6. The number of nitrogens with one attached hydrogen (secondary N) is 1. The van der Waals surface area contributed by atoms with E-state index in [0.717, 1.165) is 23.5 Å². The first-order valence-corrected chi connectivity index (χ1v) is 9.76. The normalized spacial score (nSPS) is 23.8. The van der Waals surface area contributed by atoms with Crippen LogP contribution >= 0.6 is 11.3 Å². The highest BCUT2D eigenvalue weighted by atomic mass is 32.1. The minimum Gasteiger partial charge on any atom is -0.353 e. The Balaban J connectivity index is 1.53. The molecule has 1 N–H and O–H groups in total. The van der Waals surface area contributed by atoms with E-state index < -0.39 is 0 Å². The van der Waals surface area contributed by atoms with Gasteiger partial charge in [0.1, 0.15) is 0 Å². The summed E-state index contributed by atoms with van der Waals surface area (Å²) in [6, 6.07) is 10.7. The van der Waals surface area contributed by atoms with Crippen molar-refractivity contribution in [3.63, 3.8) is 0 Å². The molecule has 24 heavy (non-hydrogen) atoms. The second kappa shape index (κ2) is 7.93. The Kier molecular flexibility index (Phi) is 5.67. The van der Waals surface area contributed by atoms with Crippen LogP contribution in [0.1, 0.15) is 49.4 Å². The second-order valence-corrected chi connectivity index (χ2v) is 7.96. The molecular formula is C20H26N2OS. The lowest BCUT2D eigenvalue weighted by atomic mass is 9.78. The summed E-state index contributed by atoms with van der Waals surface area (Å²) in [5, 5.41) is 6.32. The van der Waals surface area contributed by atoms with Gasteiger partial charge in [-0.3, -0.25) is 4.79 Å². The van der Waals surface area contributed by atoms with Crippen molar-refractivity contribution in [2.75, 3.05) is 0 Å². The fourth-order valence-electron chi connectivity index (χ4n) is 3.49. The number of benzene rings is 1. The minimum atomic E-state index is 0.109. The van der Waals surface area contributed by atoms with E-state index in [-0.39, 0.29) is 5.91 Å². The Morgan fingerprint density at radius 2 is 2.04 bits per heavy atom. The number of aromatic nitrogens is 1. The van der Waals surface area contributed by atoms with E-state index in [9.17, 15) is 4.79 Å². The highest BCUT2D eigenvalue weighted by Gasteiger charge is 2.28. The fraction of sp³-hybridized carbons (Fsp3) is 0.500. The SMILES string of the molecule is C[C@@H]1[C@H](C)CCC[C@H]1NC(=O)Cc1csc(Cc2ccccc2)n1. The fourth-order valence-corrected chi connectivity index (χ4v) is 4.32. The standard InChI is InChI=1S/C20H26N2OS/c1-14-7-6-10-18(15(14)2)22-19(23)12-17-13-24-20(21-17)11-16-8-4-3-5-9-16/h3-5,8-9,13-15,18H,6-7,10-12H2,1-2H3,(H,22,23)/t14-,15-,18-/m1/s1. The molecule has 1 heterocycles. The maximum atomic E-state index is 12.4. The van der Waals surface area contributed by atoms with Gasteiger partial charge in [0.25, 0.3) is 0 Å². The number of carbonyl (C=O) groups excluding carboxylic acids is 1. The van der Waals surface area contributed by atoms with E-state index >= 15 is 0 Å². The van der Waals surface area contributed by atoms with Gasteiger partial charge in [-0.15, -0.1) is 11.3 Å². The Labute approximate surface area is 148 Å². The molecule has 4 heteroatoms. The summed E-state index contributed by atoms with van der Waals surface area (Å²) in [5.41, 5.74) is 2.15. The number of hydrogen-bond acceptors (Lipinski definition) is 3. The summed E-state index contributed by atoms with van der Waals surface area (Å²) >= 11 is 1.64. The molecule has 1 aliphatic carbocycles. The molecule has 1 aliphatic rings. The van der Waals surface area contributed by atoms with E-state index in [1.807, 2.05) is 23.6 Å². The zero-order chi connectivity index (χ0) is 16.9. The Morgan fingerprint density at radius 3 is 2.83 bits per heavy atom. The van der Waals surface area contributed by atoms with Crippen molar-refractivity contribution in [2.45, 2.75) is 52.0 Å². The van der Waals surface area contributed by atoms with Gasteiger partial charge in [-0.05, 0) is 23.8 Å². The van der Waals surface area contributed by atoms with Gasteiger partial charge in [0.15, 0.2) is 0 Å². The number of carbonyl (C=O) groups is 1. The van der Waals surface area contributed by atoms with Gasteiger partial charge < -0.3 is 5.32 Å². The predicted octanol–water partition coefficient (Wildman–Crippen LogP) is 4.22. The van der Waals surface area contributed by atoms with Crippen LogP contribution in [0.5, 0.6) is 0 Å². The maximum absolute atomic E-state index is 12.4. The summed E-state index contributed by atoms with van der Waals surface area (Å²) in [7, 11) is 0. The third-order valence-corrected chi connectivity index (χ3v) is 6.09. The van der Waals surface area contributed by atoms with Crippen molar-refractivity contribution in [3.05, 3.63) is 52.0 Å². The molecule has 0 saturated heterocycles. The van der Waals surface area contributed by atoms with E-state index in [0.29, 0.717) is 24.3 Å². The van der Waals surface area contributed by atoms with Crippen molar-refractivity contribution >= 4 is 17.2 Å².